The van der Waals surface area contributed by atoms with Gasteiger partial charge >= 0.3 is 13.7 Å². The maximum atomic E-state index is 16.5. The Bertz CT molecular complexity index is 1620. The number of rotatable bonds is 13. The molecule has 2 saturated carbocycles. The van der Waals surface area contributed by atoms with Gasteiger partial charge in [0.1, 0.15) is 24.2 Å². The first-order valence-electron chi connectivity index (χ1n) is 15.4. The van der Waals surface area contributed by atoms with Crippen molar-refractivity contribution in [3.8, 4) is 5.75 Å². The quantitative estimate of drug-likeness (QED) is 0.193. The summed E-state index contributed by atoms with van der Waals surface area (Å²) in [6.45, 7) is 6.13. The molecule has 0 bridgehead atoms. The Hall–Kier alpha value is -3.23. The van der Waals surface area contributed by atoms with Gasteiger partial charge in [-0.2, -0.15) is 5.09 Å². The first-order chi connectivity index (χ1) is 21.7. The molecule has 0 spiro atoms. The van der Waals surface area contributed by atoms with E-state index in [9.17, 15) is 14.5 Å². The second kappa shape index (κ2) is 12.1. The summed E-state index contributed by atoms with van der Waals surface area (Å²) in [7, 11) is -4.56. The molecule has 1 aliphatic heterocycles. The minimum absolute atomic E-state index is 0.0824. The zero-order valence-electron chi connectivity index (χ0n) is 26.3. The van der Waals surface area contributed by atoms with Crippen molar-refractivity contribution in [1.29, 1.82) is 0 Å². The lowest BCUT2D eigenvalue weighted by Gasteiger charge is -2.28. The van der Waals surface area contributed by atoms with Crippen molar-refractivity contribution in [2.75, 3.05) is 11.5 Å². The molecular weight excluding hydrogens is 625 g/mol. The van der Waals surface area contributed by atoms with E-state index in [4.69, 9.17) is 18.5 Å². The fourth-order valence-electron chi connectivity index (χ4n) is 5.58. The van der Waals surface area contributed by atoms with Crippen molar-refractivity contribution in [1.82, 2.24) is 24.6 Å². The van der Waals surface area contributed by atoms with Gasteiger partial charge in [-0.25, -0.2) is 28.3 Å². The van der Waals surface area contributed by atoms with Gasteiger partial charge in [0.2, 0.25) is 0 Å². The molecule has 3 fully saturated rings. The molecule has 6 rings (SSSR count). The van der Waals surface area contributed by atoms with Crippen molar-refractivity contribution in [3.05, 3.63) is 42.5 Å². The number of hydrogen-bond acceptors (Lipinski definition) is 11. The molecule has 2 N–H and O–H groups in total. The number of aliphatic hydroxyl groups is 1. The summed E-state index contributed by atoms with van der Waals surface area (Å²) >= 11 is 0. The maximum Gasteiger partial charge on any atom is 0.459 e. The average molecular weight is 665 g/mol. The molecule has 2 aromatic heterocycles. The molecule has 46 heavy (non-hydrogen) atoms. The monoisotopic (exact) mass is 664 g/mol. The Morgan fingerprint density at radius 2 is 1.83 bits per heavy atom. The highest BCUT2D eigenvalue weighted by Gasteiger charge is 2.65. The number of anilines is 1. The summed E-state index contributed by atoms with van der Waals surface area (Å²) in [4.78, 5) is 28.3. The van der Waals surface area contributed by atoms with Gasteiger partial charge in [0.05, 0.1) is 12.4 Å². The fourth-order valence-corrected chi connectivity index (χ4v) is 7.08. The predicted molar refractivity (Wildman–Crippen MR) is 163 cm³/mol. The van der Waals surface area contributed by atoms with Crippen molar-refractivity contribution < 1.29 is 41.8 Å². The van der Waals surface area contributed by atoms with Crippen LogP contribution in [0.2, 0.25) is 0 Å². The molecule has 13 nitrogen and oxygen atoms in total. The van der Waals surface area contributed by atoms with Crippen LogP contribution in [0.4, 0.5) is 14.6 Å². The SMILES string of the molecule is Cc1nc(N(C2CC2)C2CC2)c2ncn([C@@H]3O[C@](F)(CO[P@@](=O)(N[C@@H](C)C(=O)OC(C)C)Oc4ccccc4)[C@@H](O)[C@@]3(C)F)c2n1. The van der Waals surface area contributed by atoms with E-state index in [0.717, 1.165) is 32.6 Å². The highest BCUT2D eigenvalue weighted by Crippen LogP contribution is 2.52. The Balaban J connectivity index is 1.27. The summed E-state index contributed by atoms with van der Waals surface area (Å²) in [5, 5.41) is 13.4. The molecule has 3 aromatic rings. The molecule has 1 aromatic carbocycles. The Morgan fingerprint density at radius 3 is 2.43 bits per heavy atom. The fraction of sp³-hybridized carbons (Fsp3) is 0.600. The van der Waals surface area contributed by atoms with E-state index in [1.54, 1.807) is 39.0 Å². The lowest BCUT2D eigenvalue weighted by atomic mass is 9.97. The van der Waals surface area contributed by atoms with Gasteiger partial charge in [0, 0.05) is 12.1 Å². The van der Waals surface area contributed by atoms with Gasteiger partial charge < -0.3 is 24.0 Å². The third-order valence-electron chi connectivity index (χ3n) is 8.08. The van der Waals surface area contributed by atoms with E-state index < -0.39 is 56.3 Å². The summed E-state index contributed by atoms with van der Waals surface area (Å²) in [5.74, 6) is -2.83. The van der Waals surface area contributed by atoms with Crippen LogP contribution in [0.3, 0.4) is 0 Å². The van der Waals surface area contributed by atoms with E-state index >= 15 is 8.78 Å². The van der Waals surface area contributed by atoms with Crippen molar-refractivity contribution >= 4 is 30.7 Å². The maximum absolute atomic E-state index is 16.5. The van der Waals surface area contributed by atoms with Gasteiger partial charge in [0.15, 0.2) is 35.0 Å². The number of para-hydroxylation sites is 1. The molecule has 16 heteroatoms. The Kier molecular flexibility index (Phi) is 8.60. The Morgan fingerprint density at radius 1 is 1.17 bits per heavy atom. The number of fused-ring (bicyclic) bond motifs is 1. The zero-order valence-corrected chi connectivity index (χ0v) is 27.2. The summed E-state index contributed by atoms with van der Waals surface area (Å²) in [5.41, 5.74) is -2.08. The van der Waals surface area contributed by atoms with E-state index in [2.05, 4.69) is 24.9 Å². The second-order valence-corrected chi connectivity index (χ2v) is 14.3. The number of imidazole rings is 1. The molecule has 0 amide bonds. The van der Waals surface area contributed by atoms with E-state index in [1.165, 1.54) is 30.0 Å². The number of aliphatic hydroxyl groups excluding tert-OH is 1. The number of nitrogens with one attached hydrogen (secondary N) is 1. The Labute approximate surface area is 265 Å². The minimum Gasteiger partial charge on any atom is -0.462 e. The van der Waals surface area contributed by atoms with Crippen LogP contribution in [0.5, 0.6) is 5.75 Å². The van der Waals surface area contributed by atoms with Crippen LogP contribution in [0.25, 0.3) is 11.2 Å². The number of halogens is 2. The topological polar surface area (TPSA) is 150 Å². The molecular formula is C30H39F2N6O7P. The number of esters is 1. The van der Waals surface area contributed by atoms with E-state index in [0.29, 0.717) is 29.2 Å². The number of carbonyl (C=O) groups excluding carboxylic acids is 1. The first kappa shape index (κ1) is 32.7. The normalized spacial score (nSPS) is 28.3. The average Bonchev–Trinajstić information content (AvgIpc) is 3.93. The van der Waals surface area contributed by atoms with Gasteiger partial charge in [-0.05, 0) is 72.4 Å². The highest BCUT2D eigenvalue weighted by atomic mass is 31.2. The molecule has 6 atom stereocenters. The lowest BCUT2D eigenvalue weighted by Crippen LogP contribution is -2.47. The van der Waals surface area contributed by atoms with Crippen LogP contribution in [0.15, 0.2) is 36.7 Å². The van der Waals surface area contributed by atoms with Crippen LogP contribution in [-0.2, 0) is 23.4 Å². The minimum atomic E-state index is -4.56. The number of alkyl halides is 2. The van der Waals surface area contributed by atoms with Crippen LogP contribution in [0, 0.1) is 6.92 Å². The third kappa shape index (κ3) is 6.48. The van der Waals surface area contributed by atoms with Gasteiger partial charge in [-0.15, -0.1) is 0 Å². The van der Waals surface area contributed by atoms with E-state index in [-0.39, 0.29) is 11.4 Å². The number of nitrogens with zero attached hydrogens (tertiary/aromatic N) is 5. The standard InChI is InChI=1S/C30H39F2N6O7P/c1-17(2)43-26(39)18(3)36-46(41,45-22-9-7-6-8-10-22)42-15-30(32)27(40)29(5,31)28(44-30)37-16-33-23-24(37)34-19(4)35-25(23)38(20-11-12-20)21-13-14-21/h6-10,16-18,20-21,27-28,40H,11-15H2,1-5H3,(H,36,41)/t18-,27-,28+,29+,30+,46-/m0/s1. The van der Waals surface area contributed by atoms with Crippen molar-refractivity contribution in [2.45, 2.75) is 108 Å². The summed E-state index contributed by atoms with van der Waals surface area (Å²) in [6.07, 6.45) is 0.850. The van der Waals surface area contributed by atoms with Crippen molar-refractivity contribution in [3.63, 3.8) is 0 Å². The van der Waals surface area contributed by atoms with Crippen LogP contribution in [-0.4, -0.2) is 79.1 Å². The van der Waals surface area contributed by atoms with Gasteiger partial charge in [-0.3, -0.25) is 13.9 Å². The highest BCUT2D eigenvalue weighted by molar-refractivity contribution is 7.52. The van der Waals surface area contributed by atoms with Crippen LogP contribution < -0.4 is 14.5 Å². The second-order valence-electron chi connectivity index (χ2n) is 12.6. The van der Waals surface area contributed by atoms with Gasteiger partial charge in [0.25, 0.3) is 5.85 Å². The molecule has 0 radical (unpaired) electrons. The number of carbonyl (C=O) groups is 1. The lowest BCUT2D eigenvalue weighted by molar-refractivity contribution is -0.202. The molecule has 3 heterocycles. The van der Waals surface area contributed by atoms with Gasteiger partial charge in [-0.1, -0.05) is 18.2 Å². The first-order valence-corrected chi connectivity index (χ1v) is 17.0. The molecule has 3 aliphatic rings. The predicted octanol–water partition coefficient (Wildman–Crippen LogP) is 4.68. The molecule has 2 aliphatic carbocycles. The summed E-state index contributed by atoms with van der Waals surface area (Å²) in [6, 6.07) is 7.35. The zero-order chi connectivity index (χ0) is 33.0. The van der Waals surface area contributed by atoms with Crippen LogP contribution in [0.1, 0.15) is 65.4 Å². The molecule has 0 unspecified atom stereocenters. The molecule has 250 valence electrons. The van der Waals surface area contributed by atoms with Crippen LogP contribution >= 0.6 is 7.75 Å². The van der Waals surface area contributed by atoms with Crippen molar-refractivity contribution in [2.24, 2.45) is 0 Å². The number of aromatic nitrogens is 4. The number of benzene rings is 1. The number of hydrogen-bond donors (Lipinski definition) is 2. The number of ether oxygens (including phenoxy) is 2. The third-order valence-corrected chi connectivity index (χ3v) is 9.71. The molecule has 1 saturated heterocycles. The number of aryl methyl sites for hydroxylation is 1. The smallest absolute Gasteiger partial charge is 0.459 e. The van der Waals surface area contributed by atoms with E-state index in [1.807, 2.05) is 0 Å². The largest absolute Gasteiger partial charge is 0.462 e. The summed E-state index contributed by atoms with van der Waals surface area (Å²) < 4.78 is 69.7.